The summed E-state index contributed by atoms with van der Waals surface area (Å²) in [5.41, 5.74) is 4.23. The van der Waals surface area contributed by atoms with Crippen molar-refractivity contribution in [3.63, 3.8) is 0 Å². The molecule has 0 spiro atoms. The number of benzene rings is 3. The van der Waals surface area contributed by atoms with E-state index in [1.165, 1.54) is 40.0 Å². The Balaban J connectivity index is 1.17. The number of hydrogen-bond acceptors (Lipinski definition) is 7. The zero-order chi connectivity index (χ0) is 30.2. The van der Waals surface area contributed by atoms with Gasteiger partial charge in [-0.25, -0.2) is 4.98 Å². The summed E-state index contributed by atoms with van der Waals surface area (Å²) in [4.78, 5) is 45.9. The van der Waals surface area contributed by atoms with Crippen molar-refractivity contribution in [2.45, 2.75) is 18.7 Å². The average molecular weight is 625 g/mol. The van der Waals surface area contributed by atoms with E-state index in [1.807, 2.05) is 73.8 Å². The summed E-state index contributed by atoms with van der Waals surface area (Å²) < 4.78 is 0. The normalized spacial score (nSPS) is 11.2. The van der Waals surface area contributed by atoms with Crippen LogP contribution in [0.25, 0.3) is 17.3 Å². The molecular formula is C33H28N4O3S3. The third-order valence-electron chi connectivity index (χ3n) is 6.21. The van der Waals surface area contributed by atoms with E-state index in [-0.39, 0.29) is 23.3 Å². The van der Waals surface area contributed by atoms with Gasteiger partial charge >= 0.3 is 0 Å². The van der Waals surface area contributed by atoms with Gasteiger partial charge in [-0.05, 0) is 67.8 Å². The number of amides is 3. The molecule has 5 rings (SSSR count). The Hall–Kier alpha value is -4.51. The molecule has 43 heavy (non-hydrogen) atoms. The minimum Gasteiger partial charge on any atom is -0.321 e. The monoisotopic (exact) mass is 624 g/mol. The van der Waals surface area contributed by atoms with Gasteiger partial charge in [0.05, 0.1) is 11.4 Å². The van der Waals surface area contributed by atoms with Crippen LogP contribution in [-0.4, -0.2) is 28.5 Å². The molecule has 5 aromatic rings. The number of thiazole rings is 1. The van der Waals surface area contributed by atoms with Crippen LogP contribution in [0.15, 0.2) is 107 Å². The largest absolute Gasteiger partial charge is 0.321 e. The molecule has 0 atom stereocenters. The molecule has 10 heteroatoms. The van der Waals surface area contributed by atoms with Crippen molar-refractivity contribution >= 4 is 69.1 Å². The lowest BCUT2D eigenvalue weighted by Gasteiger charge is -2.11. The van der Waals surface area contributed by atoms with Crippen LogP contribution in [0.4, 0.5) is 10.8 Å². The highest BCUT2D eigenvalue weighted by Crippen LogP contribution is 2.31. The fourth-order valence-electron chi connectivity index (χ4n) is 4.02. The van der Waals surface area contributed by atoms with Crippen LogP contribution in [-0.2, 0) is 9.59 Å². The maximum Gasteiger partial charge on any atom is 0.272 e. The number of aryl methyl sites for hydroxylation is 2. The third-order valence-corrected chi connectivity index (χ3v) is 8.93. The van der Waals surface area contributed by atoms with Gasteiger partial charge in [0, 0.05) is 31.5 Å². The van der Waals surface area contributed by atoms with Gasteiger partial charge < -0.3 is 16.0 Å². The number of nitrogens with one attached hydrogen (secondary N) is 3. The molecule has 2 aromatic heterocycles. The molecule has 0 aliphatic carbocycles. The van der Waals surface area contributed by atoms with Crippen LogP contribution in [0.5, 0.6) is 0 Å². The number of thioether (sulfide) groups is 1. The zero-order valence-electron chi connectivity index (χ0n) is 23.4. The summed E-state index contributed by atoms with van der Waals surface area (Å²) >= 11 is 4.30. The molecule has 0 aliphatic rings. The predicted octanol–water partition coefficient (Wildman–Crippen LogP) is 7.63. The molecule has 3 aromatic carbocycles. The van der Waals surface area contributed by atoms with Gasteiger partial charge in [-0.3, -0.25) is 14.4 Å². The molecule has 7 nitrogen and oxygen atoms in total. The van der Waals surface area contributed by atoms with Crippen molar-refractivity contribution in [2.24, 2.45) is 0 Å². The van der Waals surface area contributed by atoms with Crippen molar-refractivity contribution in [1.82, 2.24) is 10.3 Å². The van der Waals surface area contributed by atoms with Gasteiger partial charge in [-0.15, -0.1) is 34.4 Å². The van der Waals surface area contributed by atoms with E-state index in [2.05, 4.69) is 20.9 Å². The Morgan fingerprint density at radius 2 is 1.60 bits per heavy atom. The Bertz CT molecular complexity index is 1750. The van der Waals surface area contributed by atoms with Gasteiger partial charge in [0.1, 0.15) is 5.70 Å². The third kappa shape index (κ3) is 8.29. The smallest absolute Gasteiger partial charge is 0.272 e. The van der Waals surface area contributed by atoms with Crippen LogP contribution in [0, 0.1) is 13.8 Å². The zero-order valence-corrected chi connectivity index (χ0v) is 25.9. The first-order valence-electron chi connectivity index (χ1n) is 13.3. The number of nitrogens with zero attached hydrogens (tertiary/aromatic N) is 1. The number of aromatic nitrogens is 1. The molecular weight excluding hydrogens is 597 g/mol. The topological polar surface area (TPSA) is 100 Å². The average Bonchev–Trinajstić information content (AvgIpc) is 3.66. The van der Waals surface area contributed by atoms with Gasteiger partial charge in [0.25, 0.3) is 11.8 Å². The summed E-state index contributed by atoms with van der Waals surface area (Å²) in [6.07, 6.45) is 1.65. The molecule has 2 heterocycles. The van der Waals surface area contributed by atoms with Crippen molar-refractivity contribution in [1.29, 1.82) is 0 Å². The van der Waals surface area contributed by atoms with E-state index in [0.717, 1.165) is 25.9 Å². The maximum atomic E-state index is 13.2. The molecule has 3 amide bonds. The maximum absolute atomic E-state index is 13.2. The van der Waals surface area contributed by atoms with E-state index >= 15 is 0 Å². The van der Waals surface area contributed by atoms with Gasteiger partial charge in [0.2, 0.25) is 5.91 Å². The predicted molar refractivity (Wildman–Crippen MR) is 178 cm³/mol. The van der Waals surface area contributed by atoms with Gasteiger partial charge in [0.15, 0.2) is 5.13 Å². The highest BCUT2D eigenvalue weighted by molar-refractivity contribution is 8.00. The van der Waals surface area contributed by atoms with Gasteiger partial charge in [-0.2, -0.15) is 0 Å². The fourth-order valence-corrected chi connectivity index (χ4v) is 6.23. The quantitative estimate of drug-likeness (QED) is 0.110. The Morgan fingerprint density at radius 1 is 0.860 bits per heavy atom. The number of carbonyl (C=O) groups is 3. The lowest BCUT2D eigenvalue weighted by atomic mass is 10.1. The molecule has 3 N–H and O–H groups in total. The van der Waals surface area contributed by atoms with Crippen molar-refractivity contribution in [3.05, 3.63) is 123 Å². The lowest BCUT2D eigenvalue weighted by molar-refractivity contribution is -0.114. The minimum atomic E-state index is -0.443. The van der Waals surface area contributed by atoms with Crippen LogP contribution < -0.4 is 16.0 Å². The first-order valence-corrected chi connectivity index (χ1v) is 16.0. The molecule has 0 unspecified atom stereocenters. The second kappa shape index (κ2) is 14.1. The minimum absolute atomic E-state index is 0.134. The molecule has 0 bridgehead atoms. The Morgan fingerprint density at radius 3 is 2.30 bits per heavy atom. The first-order chi connectivity index (χ1) is 20.8. The second-order valence-electron chi connectivity index (χ2n) is 9.50. The number of thiophene rings is 1. The standard InChI is InChI=1S/C33H28N4O3S3/c1-21-10-12-23(13-11-21)30-22(2)43-33(37-30)36-29(38)20-42-26-16-14-25(15-17-26)34-32(40)28(19-27-9-6-18-41-27)35-31(39)24-7-4-3-5-8-24/h3-19H,20H2,1-2H3,(H,34,40)(H,35,39)(H,36,37,38)/b28-19-. The number of anilines is 2. The fraction of sp³-hybridized carbons (Fsp3) is 0.0909. The van der Waals surface area contributed by atoms with Crippen LogP contribution in [0.3, 0.4) is 0 Å². The summed E-state index contributed by atoms with van der Waals surface area (Å²) in [7, 11) is 0. The van der Waals surface area contributed by atoms with Crippen LogP contribution in [0.1, 0.15) is 25.7 Å². The van der Waals surface area contributed by atoms with Crippen LogP contribution >= 0.6 is 34.4 Å². The molecule has 0 aliphatic heterocycles. The molecule has 0 saturated heterocycles. The van der Waals surface area contributed by atoms with Crippen molar-refractivity contribution in [3.8, 4) is 11.3 Å². The summed E-state index contributed by atoms with van der Waals surface area (Å²) in [5, 5.41) is 11.0. The Labute approximate surface area is 262 Å². The summed E-state index contributed by atoms with van der Waals surface area (Å²) in [5.74, 6) is -0.753. The summed E-state index contributed by atoms with van der Waals surface area (Å²) in [6.45, 7) is 4.04. The number of hydrogen-bond donors (Lipinski definition) is 3. The summed E-state index contributed by atoms with van der Waals surface area (Å²) in [6, 6.07) is 27.8. The van der Waals surface area contributed by atoms with E-state index in [1.54, 1.807) is 42.5 Å². The van der Waals surface area contributed by atoms with Gasteiger partial charge in [-0.1, -0.05) is 54.1 Å². The lowest BCUT2D eigenvalue weighted by Crippen LogP contribution is -2.30. The SMILES string of the molecule is Cc1ccc(-c2nc(NC(=O)CSc3ccc(NC(=O)/C(=C/c4cccs4)NC(=O)c4ccccc4)cc3)sc2C)cc1. The number of rotatable bonds is 10. The van der Waals surface area contributed by atoms with E-state index in [9.17, 15) is 14.4 Å². The molecule has 0 fully saturated rings. The van der Waals surface area contributed by atoms with E-state index in [4.69, 9.17) is 0 Å². The van der Waals surface area contributed by atoms with E-state index < -0.39 is 5.91 Å². The first kappa shape index (κ1) is 30.0. The highest BCUT2D eigenvalue weighted by atomic mass is 32.2. The second-order valence-corrected chi connectivity index (χ2v) is 12.7. The van der Waals surface area contributed by atoms with Crippen LogP contribution in [0.2, 0.25) is 0 Å². The molecule has 0 radical (unpaired) electrons. The molecule has 216 valence electrons. The van der Waals surface area contributed by atoms with Crippen molar-refractivity contribution < 1.29 is 14.4 Å². The Kier molecular flexibility index (Phi) is 9.83. The van der Waals surface area contributed by atoms with E-state index in [0.29, 0.717) is 16.4 Å². The van der Waals surface area contributed by atoms with Crippen molar-refractivity contribution in [2.75, 3.05) is 16.4 Å². The molecule has 0 saturated carbocycles. The highest BCUT2D eigenvalue weighted by Gasteiger charge is 2.16. The number of carbonyl (C=O) groups excluding carboxylic acids is 3.